The minimum atomic E-state index is -0.139. The summed E-state index contributed by atoms with van der Waals surface area (Å²) >= 11 is 0. The van der Waals surface area contributed by atoms with Crippen LogP contribution in [-0.4, -0.2) is 0 Å². The number of hydrogen-bond donors (Lipinski definition) is 0. The van der Waals surface area contributed by atoms with Crippen LogP contribution in [0.1, 0.15) is 54.5 Å². The number of rotatable bonds is 20. The van der Waals surface area contributed by atoms with Gasteiger partial charge in [-0.3, -0.25) is 0 Å². The molecule has 0 aromatic heterocycles. The van der Waals surface area contributed by atoms with Crippen molar-refractivity contribution in [2.24, 2.45) is 0 Å². The van der Waals surface area contributed by atoms with Crippen molar-refractivity contribution in [3.05, 3.63) is 458 Å². The Morgan fingerprint density at radius 1 is 0.231 bits per heavy atom. The van der Waals surface area contributed by atoms with Crippen LogP contribution in [0, 0.1) is 27.7 Å². The van der Waals surface area contributed by atoms with Crippen LogP contribution in [0.5, 0.6) is 0 Å². The zero-order valence-electron chi connectivity index (χ0n) is 60.8. The lowest BCUT2D eigenvalue weighted by atomic mass is 10.2. The lowest BCUT2D eigenvalue weighted by Crippen LogP contribution is -2.04. The molecule has 0 saturated heterocycles. The molecule has 0 saturated carbocycles. The summed E-state index contributed by atoms with van der Waals surface area (Å²) in [6, 6.07) is 141. The first-order chi connectivity index (χ1) is 51.0. The van der Waals surface area contributed by atoms with Gasteiger partial charge in [0, 0.05) is 0 Å². The fourth-order valence-corrected chi connectivity index (χ4v) is 21.6. The third-order valence-electron chi connectivity index (χ3n) is 16.7. The van der Waals surface area contributed by atoms with E-state index in [4.69, 9.17) is 0 Å². The van der Waals surface area contributed by atoms with E-state index in [1.54, 1.807) is 0 Å². The van der Waals surface area contributed by atoms with Gasteiger partial charge >= 0.3 is 0 Å². The molecule has 5 heteroatoms. The monoisotopic (exact) mass is 1440 g/mol. The summed E-state index contributed by atoms with van der Waals surface area (Å²) in [6.07, 6.45) is 7.48. The van der Waals surface area contributed by atoms with E-state index in [1.165, 1.54) is 96.4 Å². The van der Waals surface area contributed by atoms with Crippen LogP contribution in [0.15, 0.2) is 499 Å². The quantitative estimate of drug-likeness (QED) is 0.0527. The highest BCUT2D eigenvalue weighted by Gasteiger charge is 2.32. The van der Waals surface area contributed by atoms with Crippen molar-refractivity contribution in [3.63, 3.8) is 0 Å². The fraction of sp³-hybridized carbons (Fsp3) is 0.0909. The Balaban J connectivity index is 0.000000140. The summed E-state index contributed by atoms with van der Waals surface area (Å²) in [6.45, 7) is 21.3. The van der Waals surface area contributed by atoms with Gasteiger partial charge in [-0.1, -0.05) is 285 Å². The van der Waals surface area contributed by atoms with E-state index in [9.17, 15) is 0 Å². The number of hydrogen-bond acceptors (Lipinski definition) is 0. The Hall–Kier alpha value is -9.95. The van der Waals surface area contributed by atoms with Gasteiger partial charge in [-0.25, -0.2) is 0 Å². The predicted molar refractivity (Wildman–Crippen MR) is 453 cm³/mol. The van der Waals surface area contributed by atoms with E-state index in [0.717, 1.165) is 29.7 Å². The summed E-state index contributed by atoms with van der Waals surface area (Å²) in [5.41, 5.74) is 7.77. The van der Waals surface area contributed by atoms with Crippen molar-refractivity contribution in [1.29, 1.82) is 0 Å². The average molecular weight is 1450 g/mol. The van der Waals surface area contributed by atoms with Gasteiger partial charge in [0.1, 0.15) is 0 Å². The Morgan fingerprint density at radius 2 is 0.413 bits per heavy atom. The van der Waals surface area contributed by atoms with E-state index < -0.39 is 0 Å². The SMILES string of the molecule is C=C(/C=C\C(=C)[S+](c1ccccc1)c1ccccc1)CCC.CCc1ccc([S+](c2ccccc2)c2ccccc2)cc1.Cc1ccc([S+](c2ccc(C)cc2)c2ccc(C)cc2)cc1.Cc1ccc([S+](c2ccccc2)c2ccccc2)cc1.c1ccc([S+](c2ccccc2)c2ccccc2)cc1. The Morgan fingerprint density at radius 3 is 0.606 bits per heavy atom. The zero-order chi connectivity index (χ0) is 72.5. The molecule has 0 aliphatic heterocycles. The fourth-order valence-electron chi connectivity index (χ4n) is 11.3. The first kappa shape index (κ1) is 76.7. The van der Waals surface area contributed by atoms with E-state index in [-0.39, 0.29) is 54.5 Å². The lowest BCUT2D eigenvalue weighted by Gasteiger charge is -2.09. The molecule has 14 aromatic carbocycles. The van der Waals surface area contributed by atoms with E-state index >= 15 is 0 Å². The minimum Gasteiger partial charge on any atom is -0.0958 e. The zero-order valence-corrected chi connectivity index (χ0v) is 64.8. The van der Waals surface area contributed by atoms with Crippen LogP contribution in [-0.2, 0) is 60.9 Å². The highest BCUT2D eigenvalue weighted by atomic mass is 32.2. The van der Waals surface area contributed by atoms with Crippen LogP contribution in [0.3, 0.4) is 0 Å². The van der Waals surface area contributed by atoms with Crippen molar-refractivity contribution < 1.29 is 0 Å². The minimum absolute atomic E-state index is 0.0146. The van der Waals surface area contributed by atoms with Gasteiger partial charge in [-0.05, 0) is 229 Å². The van der Waals surface area contributed by atoms with Gasteiger partial charge in [0.15, 0.2) is 73.4 Å². The van der Waals surface area contributed by atoms with E-state index in [1.807, 2.05) is 0 Å². The molecule has 0 unspecified atom stereocenters. The third kappa shape index (κ3) is 23.0. The highest BCUT2D eigenvalue weighted by Crippen LogP contribution is 2.36. The second kappa shape index (κ2) is 41.4. The van der Waals surface area contributed by atoms with Crippen molar-refractivity contribution in [1.82, 2.24) is 0 Å². The van der Waals surface area contributed by atoms with Gasteiger partial charge in [0.05, 0.1) is 54.5 Å². The van der Waals surface area contributed by atoms with Crippen molar-refractivity contribution in [2.75, 3.05) is 0 Å². The summed E-state index contributed by atoms with van der Waals surface area (Å²) in [5.74, 6) is 0. The van der Waals surface area contributed by atoms with Crippen molar-refractivity contribution in [3.8, 4) is 0 Å². The molecule has 0 fully saturated rings. The maximum atomic E-state index is 4.32. The maximum absolute atomic E-state index is 4.32. The smallest absolute Gasteiger partial charge is 0.0958 e. The molecule has 516 valence electrons. The first-order valence-electron chi connectivity index (χ1n) is 35.6. The van der Waals surface area contributed by atoms with Gasteiger partial charge in [0.2, 0.25) is 0 Å². The molecule has 0 heterocycles. The van der Waals surface area contributed by atoms with E-state index in [0.29, 0.717) is 0 Å². The molecule has 0 spiro atoms. The summed E-state index contributed by atoms with van der Waals surface area (Å²) in [5, 5.41) is 0. The molecular weight excluding hydrogens is 1350 g/mol. The summed E-state index contributed by atoms with van der Waals surface area (Å²) in [7, 11) is -0.241. The second-order valence-electron chi connectivity index (χ2n) is 24.8. The van der Waals surface area contributed by atoms with Gasteiger partial charge in [-0.2, -0.15) is 0 Å². The van der Waals surface area contributed by atoms with Crippen molar-refractivity contribution >= 4 is 54.5 Å². The molecule has 0 aliphatic carbocycles. The molecule has 0 nitrogen and oxygen atoms in total. The van der Waals surface area contributed by atoms with Crippen LogP contribution >= 0.6 is 0 Å². The highest BCUT2D eigenvalue weighted by molar-refractivity contribution is 8.01. The Bertz CT molecular complexity index is 4450. The topological polar surface area (TPSA) is 0 Å². The van der Waals surface area contributed by atoms with E-state index in [2.05, 4.69) is 461 Å². The molecule has 0 radical (unpaired) electrons. The second-order valence-corrected chi connectivity index (χ2v) is 35.0. The van der Waals surface area contributed by atoms with Gasteiger partial charge in [0.25, 0.3) is 0 Å². The largest absolute Gasteiger partial charge is 0.166 e. The van der Waals surface area contributed by atoms with Crippen LogP contribution in [0.25, 0.3) is 0 Å². The van der Waals surface area contributed by atoms with Crippen molar-refractivity contribution in [2.45, 2.75) is 129 Å². The molecule has 0 N–H and O–H groups in total. The first-order valence-corrected chi connectivity index (χ1v) is 41.7. The van der Waals surface area contributed by atoms with Gasteiger partial charge < -0.3 is 0 Å². The molecular formula is C99H95S5+5. The molecule has 14 aromatic rings. The number of allylic oxidation sites excluding steroid dienone is 3. The predicted octanol–water partition coefficient (Wildman–Crippen LogP) is 27.1. The van der Waals surface area contributed by atoms with Gasteiger partial charge in [-0.15, -0.1) is 0 Å². The van der Waals surface area contributed by atoms with Crippen LogP contribution in [0.4, 0.5) is 0 Å². The average Bonchev–Trinajstić information content (AvgIpc) is 0.844. The normalized spacial score (nSPS) is 10.8. The van der Waals surface area contributed by atoms with Crippen LogP contribution < -0.4 is 0 Å². The standard InChI is InChI=1S/C21H21S.C21H23S.C20H19S.C19H17S.C18H15S/c1-16-4-10-19(11-5-16)22(20-12-6-17(2)7-13-20)21-14-8-18(3)9-15-21;1-4-11-18(2)16-17-19(3)22(20-12-7-5-8-13-20)21-14-9-6-10-15-21;1-2-17-13-15-20(16-14-17)21(18-9-5-3-6-10-18)19-11-7-4-8-12-19;1-16-12-14-19(15-13-16)20(17-8-4-2-5-9-17)18-10-6-3-7-11-18;1-4-10-16(11-5-1)19(17-12-6-2-7-13-17)18-14-8-3-9-15-18/h4-15H,1-3H3;5-10,12-17H,2-4,11H2,1H3;3-16H,2H2,1H3;2-15H,1H3;1-15H/q5*+1/b;17-16-;;;. The lowest BCUT2D eigenvalue weighted by molar-refractivity contribution is 0.930. The summed E-state index contributed by atoms with van der Waals surface area (Å²) in [4.78, 5) is 20.1. The molecule has 14 rings (SSSR count). The Labute approximate surface area is 636 Å². The van der Waals surface area contributed by atoms with Crippen LogP contribution in [0.2, 0.25) is 0 Å². The molecule has 0 aliphatic rings. The third-order valence-corrected chi connectivity index (χ3v) is 27.8. The summed E-state index contributed by atoms with van der Waals surface area (Å²) < 4.78 is 0. The molecule has 0 amide bonds. The number of benzene rings is 14. The molecule has 0 bridgehead atoms. The Kier molecular flexibility index (Phi) is 30.5. The maximum Gasteiger partial charge on any atom is 0.166 e. The molecule has 0 atom stereocenters. The number of aryl methyl sites for hydroxylation is 5. The molecule has 104 heavy (non-hydrogen) atoms.